The number of rotatable bonds is 1. The number of fused-ring (bicyclic) bond motifs is 2. The third-order valence-electron chi connectivity index (χ3n) is 3.03. The molecule has 0 aromatic heterocycles. The van der Waals surface area contributed by atoms with Crippen molar-refractivity contribution < 1.29 is 14.4 Å². The molecule has 0 atom stereocenters. The number of carbonyl (C=O) groups excluding carboxylic acids is 2. The van der Waals surface area contributed by atoms with E-state index in [1.807, 2.05) is 0 Å². The Morgan fingerprint density at radius 2 is 1.33 bits per heavy atom. The summed E-state index contributed by atoms with van der Waals surface area (Å²) in [6.07, 6.45) is 0. The third-order valence-corrected chi connectivity index (χ3v) is 3.03. The maximum absolute atomic E-state index is 12.3. The molecule has 0 unspecified atom stereocenters. The smallest absolute Gasteiger partial charge is 0.194 e. The summed E-state index contributed by atoms with van der Waals surface area (Å²) < 4.78 is 0. The van der Waals surface area contributed by atoms with Crippen molar-refractivity contribution >= 4 is 11.6 Å². The van der Waals surface area contributed by atoms with E-state index < -0.39 is 0 Å². The number of nitrogens with two attached hydrogens (primary N) is 1. The highest BCUT2D eigenvalue weighted by molar-refractivity contribution is 6.28. The van der Waals surface area contributed by atoms with Gasteiger partial charge in [0.15, 0.2) is 11.6 Å². The van der Waals surface area contributed by atoms with E-state index in [1.165, 1.54) is 6.07 Å². The predicted octanol–water partition coefficient (Wildman–Crippen LogP) is 1.71. The highest BCUT2D eigenvalue weighted by Gasteiger charge is 2.29. The average molecular weight is 239 g/mol. The van der Waals surface area contributed by atoms with Gasteiger partial charge in [0, 0.05) is 22.3 Å². The molecular weight excluding hydrogens is 230 g/mol. The van der Waals surface area contributed by atoms with Crippen LogP contribution in [0.15, 0.2) is 42.5 Å². The summed E-state index contributed by atoms with van der Waals surface area (Å²) >= 11 is 0. The van der Waals surface area contributed by atoms with Gasteiger partial charge in [0.05, 0.1) is 0 Å². The largest absolute Gasteiger partial charge is 0.412 e. The fourth-order valence-electron chi connectivity index (χ4n) is 2.15. The second kappa shape index (κ2) is 3.78. The van der Waals surface area contributed by atoms with Gasteiger partial charge in [-0.2, -0.15) is 5.90 Å². The number of hydrogen-bond acceptors (Lipinski definition) is 4. The van der Waals surface area contributed by atoms with Crippen molar-refractivity contribution in [3.05, 3.63) is 64.7 Å². The Morgan fingerprint density at radius 3 is 1.94 bits per heavy atom. The summed E-state index contributed by atoms with van der Waals surface area (Å²) in [5.41, 5.74) is 1.58. The standard InChI is InChI=1S/C14H9NO3/c15-18-8-5-6-11-12(7-8)14(17)10-4-2-1-3-9(10)13(11)16/h1-7H,15H2. The zero-order chi connectivity index (χ0) is 12.7. The summed E-state index contributed by atoms with van der Waals surface area (Å²) in [5.74, 6) is 5.09. The van der Waals surface area contributed by atoms with Gasteiger partial charge in [-0.25, -0.2) is 0 Å². The molecule has 2 aromatic rings. The average Bonchev–Trinajstić information content (AvgIpc) is 2.44. The van der Waals surface area contributed by atoms with Crippen molar-refractivity contribution in [2.75, 3.05) is 0 Å². The van der Waals surface area contributed by atoms with Crippen LogP contribution in [0.1, 0.15) is 31.8 Å². The van der Waals surface area contributed by atoms with Gasteiger partial charge >= 0.3 is 0 Å². The molecule has 2 aromatic carbocycles. The van der Waals surface area contributed by atoms with Crippen LogP contribution in [0.4, 0.5) is 0 Å². The quantitative estimate of drug-likeness (QED) is 0.656. The molecule has 0 amide bonds. The van der Waals surface area contributed by atoms with E-state index in [4.69, 9.17) is 5.90 Å². The zero-order valence-corrected chi connectivity index (χ0v) is 9.34. The fourth-order valence-corrected chi connectivity index (χ4v) is 2.15. The first-order chi connectivity index (χ1) is 8.72. The van der Waals surface area contributed by atoms with Gasteiger partial charge in [-0.15, -0.1) is 0 Å². The molecule has 0 aliphatic heterocycles. The van der Waals surface area contributed by atoms with Gasteiger partial charge in [0.1, 0.15) is 5.75 Å². The van der Waals surface area contributed by atoms with Gasteiger partial charge in [0.2, 0.25) is 0 Å². The molecule has 1 aliphatic carbocycles. The Morgan fingerprint density at radius 1 is 0.778 bits per heavy atom. The Labute approximate surface area is 103 Å². The van der Waals surface area contributed by atoms with Crippen LogP contribution in [-0.4, -0.2) is 11.6 Å². The molecular formula is C14H9NO3. The molecule has 4 nitrogen and oxygen atoms in total. The summed E-state index contributed by atoms with van der Waals surface area (Å²) in [6.45, 7) is 0. The lowest BCUT2D eigenvalue weighted by Crippen LogP contribution is -2.21. The summed E-state index contributed by atoms with van der Waals surface area (Å²) in [5, 5.41) is 0. The fraction of sp³-hybridized carbons (Fsp3) is 0. The summed E-state index contributed by atoms with van der Waals surface area (Å²) in [7, 11) is 0. The topological polar surface area (TPSA) is 69.4 Å². The highest BCUT2D eigenvalue weighted by Crippen LogP contribution is 2.29. The van der Waals surface area contributed by atoms with Gasteiger partial charge in [-0.1, -0.05) is 24.3 Å². The maximum atomic E-state index is 12.3. The first-order valence-corrected chi connectivity index (χ1v) is 5.41. The second-order valence-corrected chi connectivity index (χ2v) is 4.03. The zero-order valence-electron chi connectivity index (χ0n) is 9.34. The van der Waals surface area contributed by atoms with Crippen molar-refractivity contribution in [3.63, 3.8) is 0 Å². The van der Waals surface area contributed by atoms with Gasteiger partial charge in [-0.05, 0) is 18.2 Å². The molecule has 18 heavy (non-hydrogen) atoms. The molecule has 0 fully saturated rings. The molecule has 1 aliphatic rings. The summed E-state index contributed by atoms with van der Waals surface area (Å²) in [4.78, 5) is 29.1. The maximum Gasteiger partial charge on any atom is 0.194 e. The lowest BCUT2D eigenvalue weighted by molar-refractivity contribution is 0.0978. The molecule has 0 bridgehead atoms. The Hall–Kier alpha value is -2.46. The van der Waals surface area contributed by atoms with E-state index in [0.717, 1.165) is 0 Å². The number of ketones is 2. The van der Waals surface area contributed by atoms with Gasteiger partial charge in [-0.3, -0.25) is 9.59 Å². The molecule has 2 N–H and O–H groups in total. The van der Waals surface area contributed by atoms with Crippen LogP contribution >= 0.6 is 0 Å². The first kappa shape index (κ1) is 10.7. The van der Waals surface area contributed by atoms with Gasteiger partial charge in [0.25, 0.3) is 0 Å². The lowest BCUT2D eigenvalue weighted by Gasteiger charge is -2.17. The van der Waals surface area contributed by atoms with E-state index in [9.17, 15) is 9.59 Å². The molecule has 0 radical (unpaired) electrons. The van der Waals surface area contributed by atoms with Crippen LogP contribution in [0.5, 0.6) is 5.75 Å². The van der Waals surface area contributed by atoms with Crippen LogP contribution in [-0.2, 0) is 0 Å². The van der Waals surface area contributed by atoms with E-state index in [-0.39, 0.29) is 11.6 Å². The van der Waals surface area contributed by atoms with Crippen LogP contribution in [0.25, 0.3) is 0 Å². The second-order valence-electron chi connectivity index (χ2n) is 4.03. The molecule has 3 rings (SSSR count). The monoisotopic (exact) mass is 239 g/mol. The highest BCUT2D eigenvalue weighted by atomic mass is 16.6. The minimum absolute atomic E-state index is 0.149. The van der Waals surface area contributed by atoms with E-state index in [1.54, 1.807) is 36.4 Å². The number of benzene rings is 2. The molecule has 0 saturated heterocycles. The normalized spacial score (nSPS) is 12.9. The van der Waals surface area contributed by atoms with E-state index in [2.05, 4.69) is 4.84 Å². The Kier molecular flexibility index (Phi) is 2.25. The van der Waals surface area contributed by atoms with Gasteiger partial charge < -0.3 is 4.84 Å². The molecule has 88 valence electrons. The molecule has 4 heteroatoms. The van der Waals surface area contributed by atoms with Crippen molar-refractivity contribution in [2.24, 2.45) is 5.90 Å². The van der Waals surface area contributed by atoms with Crippen LogP contribution < -0.4 is 10.7 Å². The predicted molar refractivity (Wildman–Crippen MR) is 64.6 cm³/mol. The lowest BCUT2D eigenvalue weighted by atomic mass is 9.84. The van der Waals surface area contributed by atoms with Crippen LogP contribution in [0, 0.1) is 0 Å². The van der Waals surface area contributed by atoms with E-state index in [0.29, 0.717) is 28.0 Å². The van der Waals surface area contributed by atoms with E-state index >= 15 is 0 Å². The SMILES string of the molecule is NOc1ccc2c(c1)C(=O)c1ccccc1C2=O. The Bertz CT molecular complexity index is 676. The minimum atomic E-state index is -0.181. The third kappa shape index (κ3) is 1.36. The Balaban J connectivity index is 2.27. The number of hydrogen-bond donors (Lipinski definition) is 1. The van der Waals surface area contributed by atoms with Crippen molar-refractivity contribution in [3.8, 4) is 5.75 Å². The van der Waals surface area contributed by atoms with Crippen molar-refractivity contribution in [2.45, 2.75) is 0 Å². The molecule has 0 spiro atoms. The first-order valence-electron chi connectivity index (χ1n) is 5.41. The van der Waals surface area contributed by atoms with Crippen LogP contribution in [0.3, 0.4) is 0 Å². The minimum Gasteiger partial charge on any atom is -0.412 e. The van der Waals surface area contributed by atoms with Crippen molar-refractivity contribution in [1.29, 1.82) is 0 Å². The van der Waals surface area contributed by atoms with Crippen LogP contribution in [0.2, 0.25) is 0 Å². The summed E-state index contributed by atoms with van der Waals surface area (Å²) in [6, 6.07) is 11.4. The van der Waals surface area contributed by atoms with Crippen molar-refractivity contribution in [1.82, 2.24) is 0 Å². The molecule has 0 heterocycles. The number of carbonyl (C=O) groups is 2. The molecule has 0 saturated carbocycles.